The van der Waals surface area contributed by atoms with Crippen LogP contribution in [0.25, 0.3) is 0 Å². The Hall–Kier alpha value is -1.75. The molecule has 5 nitrogen and oxygen atoms in total. The molecule has 3 rings (SSSR count). The Morgan fingerprint density at radius 3 is 2.88 bits per heavy atom. The smallest absolute Gasteiger partial charge is 0.412 e. The van der Waals surface area contributed by atoms with Gasteiger partial charge in [0, 0.05) is 24.7 Å². The van der Waals surface area contributed by atoms with E-state index in [1.54, 1.807) is 7.11 Å². The predicted molar refractivity (Wildman–Crippen MR) is 57.6 cm³/mol. The zero-order valence-corrected chi connectivity index (χ0v) is 8.87. The van der Waals surface area contributed by atoms with E-state index in [1.165, 1.54) is 0 Å². The largest absolute Gasteiger partial charge is 0.497 e. The number of hydrogen-bond donors (Lipinski definition) is 2. The quantitative estimate of drug-likeness (QED) is 0.742. The number of carbonyl (C=O) groups excluding carboxylic acids is 1. The van der Waals surface area contributed by atoms with E-state index in [1.807, 2.05) is 18.2 Å². The molecular weight excluding hydrogens is 208 g/mol. The van der Waals surface area contributed by atoms with Gasteiger partial charge >= 0.3 is 6.09 Å². The summed E-state index contributed by atoms with van der Waals surface area (Å²) in [4.78, 5) is 11.4. The van der Waals surface area contributed by atoms with Crippen molar-refractivity contribution < 1.29 is 14.3 Å². The van der Waals surface area contributed by atoms with Crippen LogP contribution in [0.3, 0.4) is 0 Å². The zero-order chi connectivity index (χ0) is 11.2. The molecule has 2 aliphatic heterocycles. The van der Waals surface area contributed by atoms with E-state index >= 15 is 0 Å². The lowest BCUT2D eigenvalue weighted by Gasteiger charge is -2.45. The first kappa shape index (κ1) is 9.47. The van der Waals surface area contributed by atoms with Crippen LogP contribution < -0.4 is 15.4 Å². The van der Waals surface area contributed by atoms with Crippen LogP contribution in [0.1, 0.15) is 5.56 Å². The van der Waals surface area contributed by atoms with Gasteiger partial charge < -0.3 is 14.8 Å². The molecule has 2 heterocycles. The maximum atomic E-state index is 11.4. The highest BCUT2D eigenvalue weighted by molar-refractivity contribution is 5.89. The van der Waals surface area contributed by atoms with Crippen LogP contribution >= 0.6 is 0 Å². The molecule has 0 saturated carbocycles. The average Bonchev–Trinajstić information content (AvgIpc) is 2.24. The van der Waals surface area contributed by atoms with Gasteiger partial charge in [0.2, 0.25) is 0 Å². The van der Waals surface area contributed by atoms with Crippen molar-refractivity contribution in [1.29, 1.82) is 0 Å². The van der Waals surface area contributed by atoms with Crippen molar-refractivity contribution in [3.8, 4) is 5.75 Å². The summed E-state index contributed by atoms with van der Waals surface area (Å²) >= 11 is 0. The minimum atomic E-state index is -0.482. The summed E-state index contributed by atoms with van der Waals surface area (Å²) in [7, 11) is 1.60. The fraction of sp³-hybridized carbons (Fsp3) is 0.364. The molecule has 5 heteroatoms. The first-order valence-corrected chi connectivity index (χ1v) is 5.13. The molecular formula is C11H12N2O3. The number of ether oxygens (including phenoxy) is 2. The standard InChI is InChI=1S/C11H12N2O3/c1-15-7-2-3-8-9(4-7)13-10(14)16-11(8)5-12-6-11/h2-4,12H,5-6H2,1H3,(H,13,14). The van der Waals surface area contributed by atoms with Crippen molar-refractivity contribution in [2.24, 2.45) is 0 Å². The second kappa shape index (κ2) is 3.12. The van der Waals surface area contributed by atoms with Crippen LogP contribution in [0.5, 0.6) is 5.75 Å². The van der Waals surface area contributed by atoms with E-state index in [0.29, 0.717) is 13.1 Å². The highest BCUT2D eigenvalue weighted by Gasteiger charge is 2.47. The molecule has 1 spiro atoms. The zero-order valence-electron chi connectivity index (χ0n) is 8.87. The molecule has 2 N–H and O–H groups in total. The number of hydrogen-bond acceptors (Lipinski definition) is 4. The van der Waals surface area contributed by atoms with E-state index in [4.69, 9.17) is 9.47 Å². The van der Waals surface area contributed by atoms with Gasteiger partial charge in [0.05, 0.1) is 12.8 Å². The highest BCUT2D eigenvalue weighted by Crippen LogP contribution is 2.40. The SMILES string of the molecule is COc1ccc2c(c1)NC(=O)OC21CNC1. The van der Waals surface area contributed by atoms with Gasteiger partial charge in [-0.1, -0.05) is 0 Å². The van der Waals surface area contributed by atoms with Crippen LogP contribution in [0.15, 0.2) is 18.2 Å². The van der Waals surface area contributed by atoms with E-state index in [9.17, 15) is 4.79 Å². The lowest BCUT2D eigenvalue weighted by atomic mass is 9.85. The molecule has 0 bridgehead atoms. The molecule has 1 aromatic rings. The first-order chi connectivity index (χ1) is 7.73. The van der Waals surface area contributed by atoms with Crippen molar-refractivity contribution in [3.05, 3.63) is 23.8 Å². The van der Waals surface area contributed by atoms with Crippen LogP contribution in [0, 0.1) is 0 Å². The monoisotopic (exact) mass is 220 g/mol. The van der Waals surface area contributed by atoms with Gasteiger partial charge in [-0.25, -0.2) is 4.79 Å². The van der Waals surface area contributed by atoms with Crippen LogP contribution in [-0.4, -0.2) is 26.3 Å². The summed E-state index contributed by atoms with van der Waals surface area (Å²) in [5.41, 5.74) is 1.30. The number of amides is 1. The van der Waals surface area contributed by atoms with Crippen LogP contribution in [0.2, 0.25) is 0 Å². The van der Waals surface area contributed by atoms with Gasteiger partial charge in [0.1, 0.15) is 5.75 Å². The minimum Gasteiger partial charge on any atom is -0.497 e. The molecule has 0 unspecified atom stereocenters. The van der Waals surface area contributed by atoms with Crippen molar-refractivity contribution in [2.45, 2.75) is 5.60 Å². The number of anilines is 1. The third kappa shape index (κ3) is 1.18. The minimum absolute atomic E-state index is 0.401. The molecule has 0 atom stereocenters. The molecule has 1 amide bonds. The van der Waals surface area contributed by atoms with E-state index < -0.39 is 11.7 Å². The van der Waals surface area contributed by atoms with Crippen molar-refractivity contribution >= 4 is 11.8 Å². The maximum Gasteiger partial charge on any atom is 0.412 e. The van der Waals surface area contributed by atoms with E-state index in [2.05, 4.69) is 10.6 Å². The molecule has 84 valence electrons. The summed E-state index contributed by atoms with van der Waals surface area (Å²) in [6.45, 7) is 1.33. The molecule has 2 aliphatic rings. The van der Waals surface area contributed by atoms with Gasteiger partial charge in [-0.3, -0.25) is 5.32 Å². The van der Waals surface area contributed by atoms with Gasteiger partial charge in [-0.2, -0.15) is 0 Å². The van der Waals surface area contributed by atoms with Crippen LogP contribution in [0.4, 0.5) is 10.5 Å². The summed E-state index contributed by atoms with van der Waals surface area (Å²) in [6.07, 6.45) is -0.401. The summed E-state index contributed by atoms with van der Waals surface area (Å²) in [5, 5.41) is 5.81. The summed E-state index contributed by atoms with van der Waals surface area (Å²) in [6, 6.07) is 5.63. The molecule has 0 radical (unpaired) electrons. The molecule has 1 fully saturated rings. The number of carbonyl (C=O) groups is 1. The summed E-state index contributed by atoms with van der Waals surface area (Å²) in [5.74, 6) is 0.725. The normalized spacial score (nSPS) is 20.4. The van der Waals surface area contributed by atoms with E-state index in [0.717, 1.165) is 17.0 Å². The lowest BCUT2D eigenvalue weighted by Crippen LogP contribution is -2.61. The van der Waals surface area contributed by atoms with E-state index in [-0.39, 0.29) is 0 Å². The highest BCUT2D eigenvalue weighted by atomic mass is 16.6. The van der Waals surface area contributed by atoms with Crippen molar-refractivity contribution in [3.63, 3.8) is 0 Å². The van der Waals surface area contributed by atoms with Gasteiger partial charge in [-0.15, -0.1) is 0 Å². The lowest BCUT2D eigenvalue weighted by molar-refractivity contribution is -0.0296. The van der Waals surface area contributed by atoms with Crippen molar-refractivity contribution in [2.75, 3.05) is 25.5 Å². The van der Waals surface area contributed by atoms with Gasteiger partial charge in [0.15, 0.2) is 5.60 Å². The van der Waals surface area contributed by atoms with Crippen molar-refractivity contribution in [1.82, 2.24) is 5.32 Å². The second-order valence-electron chi connectivity index (χ2n) is 4.02. The number of nitrogens with one attached hydrogen (secondary N) is 2. The van der Waals surface area contributed by atoms with Gasteiger partial charge in [0.25, 0.3) is 0 Å². The number of methoxy groups -OCH3 is 1. The Morgan fingerprint density at radius 2 is 2.25 bits per heavy atom. The number of rotatable bonds is 1. The number of benzene rings is 1. The fourth-order valence-electron chi connectivity index (χ4n) is 2.13. The predicted octanol–water partition coefficient (Wildman–Crippen LogP) is 1.06. The maximum absolute atomic E-state index is 11.4. The Morgan fingerprint density at radius 1 is 1.44 bits per heavy atom. The fourth-order valence-corrected chi connectivity index (χ4v) is 2.13. The Balaban J connectivity index is 2.09. The third-order valence-corrected chi connectivity index (χ3v) is 3.06. The van der Waals surface area contributed by atoms with Crippen LogP contribution in [-0.2, 0) is 10.3 Å². The molecule has 0 aromatic heterocycles. The first-order valence-electron chi connectivity index (χ1n) is 5.13. The molecule has 16 heavy (non-hydrogen) atoms. The Labute approximate surface area is 92.7 Å². The molecule has 0 aliphatic carbocycles. The molecule has 1 saturated heterocycles. The topological polar surface area (TPSA) is 59.6 Å². The second-order valence-corrected chi connectivity index (χ2v) is 4.02. The Kier molecular flexibility index (Phi) is 1.85. The van der Waals surface area contributed by atoms with Gasteiger partial charge in [-0.05, 0) is 12.1 Å². The summed E-state index contributed by atoms with van der Waals surface area (Å²) < 4.78 is 10.5. The molecule has 1 aromatic carbocycles. The Bertz CT molecular complexity index is 455. The third-order valence-electron chi connectivity index (χ3n) is 3.06. The number of fused-ring (bicyclic) bond motifs is 2. The average molecular weight is 220 g/mol.